The van der Waals surface area contributed by atoms with Gasteiger partial charge in [0.25, 0.3) is 0 Å². The molecule has 4 aliphatic carbocycles. The summed E-state index contributed by atoms with van der Waals surface area (Å²) in [5, 5.41) is 0. The first-order chi connectivity index (χ1) is 19.1. The van der Waals surface area contributed by atoms with Crippen LogP contribution in [0.2, 0.25) is 0 Å². The second kappa shape index (κ2) is 9.45. The number of halogens is 8. The van der Waals surface area contributed by atoms with Gasteiger partial charge < -0.3 is 0 Å². The van der Waals surface area contributed by atoms with Crippen molar-refractivity contribution in [2.24, 2.45) is 5.41 Å². The minimum atomic E-state index is -0.184. The van der Waals surface area contributed by atoms with E-state index in [9.17, 15) is 0 Å². The van der Waals surface area contributed by atoms with Gasteiger partial charge in [-0.1, -0.05) is 27.7 Å². The van der Waals surface area contributed by atoms with Crippen molar-refractivity contribution in [3.05, 3.63) is 122 Å². The van der Waals surface area contributed by atoms with Gasteiger partial charge in [0.2, 0.25) is 0 Å². The second-order valence-corrected chi connectivity index (χ2v) is 21.8. The van der Waals surface area contributed by atoms with Crippen molar-refractivity contribution in [3.8, 4) is 0 Å². The third-order valence-corrected chi connectivity index (χ3v) is 22.8. The van der Waals surface area contributed by atoms with Crippen LogP contribution in [-0.4, -0.2) is 0 Å². The third kappa shape index (κ3) is 3.12. The van der Waals surface area contributed by atoms with Crippen LogP contribution in [0.3, 0.4) is 0 Å². The molecular weight excluding hydrogens is 1410 g/mol. The van der Waals surface area contributed by atoms with E-state index in [1.54, 1.807) is 0 Å². The normalized spacial score (nSPS) is 32.9. The molecule has 4 aromatic carbocycles. The van der Waals surface area contributed by atoms with Gasteiger partial charge in [-0.2, -0.15) is 0 Å². The van der Waals surface area contributed by atoms with E-state index in [2.05, 4.69) is 257 Å². The molecule has 0 nitrogen and oxygen atoms in total. The topological polar surface area (TPSA) is 0 Å². The minimum Gasteiger partial charge on any atom is -0.0507 e. The molecule has 0 amide bonds. The summed E-state index contributed by atoms with van der Waals surface area (Å²) in [7, 11) is 0. The first kappa shape index (κ1) is 31.0. The number of rotatable bonds is 0. The molecule has 0 fully saturated rings. The zero-order chi connectivity index (χ0) is 29.4. The molecule has 0 saturated heterocycles. The highest BCUT2D eigenvalue weighted by atomic mass is 127. The van der Waals surface area contributed by atoms with Crippen LogP contribution in [0.1, 0.15) is 72.2 Å². The average molecular weight is 1430 g/mol. The Morgan fingerprint density at radius 2 is 0.415 bits per heavy atom. The molecule has 0 radical (unpaired) electrons. The van der Waals surface area contributed by atoms with Crippen molar-refractivity contribution in [1.82, 2.24) is 0 Å². The zero-order valence-electron chi connectivity index (χ0n) is 22.1. The summed E-state index contributed by atoms with van der Waals surface area (Å²) in [6, 6.07) is 20.5. The van der Waals surface area contributed by atoms with Crippen LogP contribution in [0, 0.1) is 34.0 Å². The second-order valence-electron chi connectivity index (χ2n) is 12.5. The molecule has 4 aliphatic rings. The minimum absolute atomic E-state index is 0.155. The molecule has 41 heavy (non-hydrogen) atoms. The number of fused-ring (bicyclic) bond motifs is 12. The fourth-order valence-corrected chi connectivity index (χ4v) is 14.4. The lowest BCUT2D eigenvalue weighted by Crippen LogP contribution is -2.60. The highest BCUT2D eigenvalue weighted by Gasteiger charge is 2.89. The molecule has 0 saturated carbocycles. The summed E-state index contributed by atoms with van der Waals surface area (Å²) >= 11 is 20.6. The smallest absolute Gasteiger partial charge is 0.0272 e. The Balaban J connectivity index is 1.72. The maximum atomic E-state index is 2.63. The Kier molecular flexibility index (Phi) is 7.15. The monoisotopic (exact) mass is 1430 g/mol. The van der Waals surface area contributed by atoms with Crippen molar-refractivity contribution >= 4 is 181 Å². The number of hydrogen-bond donors (Lipinski definition) is 0. The first-order valence-electron chi connectivity index (χ1n) is 13.1. The molecule has 8 rings (SSSR count). The van der Waals surface area contributed by atoms with Crippen molar-refractivity contribution in [3.63, 3.8) is 0 Å². The molecule has 1 spiro atoms. The van der Waals surface area contributed by atoms with E-state index >= 15 is 0 Å². The SMILES string of the molecule is CC12c3cc(I)c(I)cc3C3(C)c4cc(I)c(I)cc4C4(C)c5cc(I)c(I)cc5C(C)(c5cc(I)c(I)cc51)C234. The molecule has 0 bridgehead atoms. The highest BCUT2D eigenvalue weighted by Crippen LogP contribution is 2.90. The molecule has 0 atom stereocenters. The lowest BCUT2D eigenvalue weighted by molar-refractivity contribution is 0.0252. The molecule has 208 valence electrons. The van der Waals surface area contributed by atoms with Gasteiger partial charge in [0, 0.05) is 55.6 Å². The lowest BCUT2D eigenvalue weighted by atomic mass is 9.43. The van der Waals surface area contributed by atoms with Gasteiger partial charge in [-0.25, -0.2) is 0 Å². The van der Waals surface area contributed by atoms with Crippen molar-refractivity contribution in [1.29, 1.82) is 0 Å². The summed E-state index contributed by atoms with van der Waals surface area (Å²) in [4.78, 5) is 0. The van der Waals surface area contributed by atoms with Crippen LogP contribution >= 0.6 is 181 Å². The van der Waals surface area contributed by atoms with E-state index in [-0.39, 0.29) is 27.1 Å². The highest BCUT2D eigenvalue weighted by molar-refractivity contribution is 14.1. The summed E-state index contributed by atoms with van der Waals surface area (Å²) < 4.78 is 10.9. The van der Waals surface area contributed by atoms with E-state index in [4.69, 9.17) is 0 Å². The molecule has 4 aromatic rings. The Bertz CT molecular complexity index is 1550. The summed E-state index contributed by atoms with van der Waals surface area (Å²) in [6.07, 6.45) is 0. The van der Waals surface area contributed by atoms with E-state index in [0.29, 0.717) is 0 Å². The predicted octanol–water partition coefficient (Wildman–Crippen LogP) is 12.1. The van der Waals surface area contributed by atoms with E-state index < -0.39 is 0 Å². The molecule has 0 unspecified atom stereocenters. The van der Waals surface area contributed by atoms with Gasteiger partial charge >= 0.3 is 0 Å². The van der Waals surface area contributed by atoms with Gasteiger partial charge in [0.1, 0.15) is 0 Å². The Morgan fingerprint density at radius 1 is 0.293 bits per heavy atom. The molecule has 0 aromatic heterocycles. The molecular formula is C33H20I8. The quantitative estimate of drug-likeness (QED) is 0.154. The van der Waals surface area contributed by atoms with E-state index in [1.165, 1.54) is 73.1 Å². The summed E-state index contributed by atoms with van der Waals surface area (Å²) in [5.41, 5.74) is 11.4. The van der Waals surface area contributed by atoms with Crippen LogP contribution in [0.15, 0.2) is 48.5 Å². The first-order valence-corrected chi connectivity index (χ1v) is 21.8. The van der Waals surface area contributed by atoms with E-state index in [0.717, 1.165) is 0 Å². The Morgan fingerprint density at radius 3 is 0.537 bits per heavy atom. The Hall–Kier alpha value is 2.72. The van der Waals surface area contributed by atoms with Crippen LogP contribution in [0.25, 0.3) is 0 Å². The number of benzene rings is 4. The fraction of sp³-hybridized carbons (Fsp3) is 0.273. The molecule has 0 heterocycles. The third-order valence-electron chi connectivity index (χ3n) is 11.6. The average Bonchev–Trinajstić information content (AvgIpc) is 3.36. The van der Waals surface area contributed by atoms with Crippen molar-refractivity contribution in [2.75, 3.05) is 0 Å². The lowest BCUT2D eigenvalue weighted by Gasteiger charge is -2.57. The van der Waals surface area contributed by atoms with Crippen molar-refractivity contribution < 1.29 is 0 Å². The molecule has 0 aliphatic heterocycles. The molecule has 0 N–H and O–H groups in total. The Labute approximate surface area is 350 Å². The van der Waals surface area contributed by atoms with E-state index in [1.807, 2.05) is 0 Å². The van der Waals surface area contributed by atoms with Crippen LogP contribution in [-0.2, 0) is 21.7 Å². The van der Waals surface area contributed by atoms with Crippen LogP contribution in [0.4, 0.5) is 0 Å². The van der Waals surface area contributed by atoms with Crippen LogP contribution < -0.4 is 0 Å². The largest absolute Gasteiger partial charge is 0.0507 e. The predicted molar refractivity (Wildman–Crippen MR) is 236 cm³/mol. The summed E-state index contributed by atoms with van der Waals surface area (Å²) in [5.74, 6) is 0. The van der Waals surface area contributed by atoms with Crippen LogP contribution in [0.5, 0.6) is 0 Å². The summed E-state index contributed by atoms with van der Waals surface area (Å²) in [6.45, 7) is 10.5. The van der Waals surface area contributed by atoms with Gasteiger partial charge in [0.15, 0.2) is 0 Å². The van der Waals surface area contributed by atoms with Gasteiger partial charge in [-0.15, -0.1) is 0 Å². The molecule has 8 heteroatoms. The maximum Gasteiger partial charge on any atom is 0.0272 e. The van der Waals surface area contributed by atoms with Gasteiger partial charge in [-0.3, -0.25) is 0 Å². The van der Waals surface area contributed by atoms with Gasteiger partial charge in [0.05, 0.1) is 0 Å². The number of hydrogen-bond acceptors (Lipinski definition) is 0. The maximum absolute atomic E-state index is 2.63. The fourth-order valence-electron chi connectivity index (χ4n) is 10.7. The van der Waals surface area contributed by atoms with Crippen molar-refractivity contribution in [2.45, 2.75) is 49.4 Å². The van der Waals surface area contributed by atoms with Gasteiger partial charge in [-0.05, 0) is 274 Å². The standard InChI is InChI=1S/C33H20I8/c1-29-13-5-21(34)23(36)7-15(13)30(2)17-9-25(38)27(40)11-19(17)32(4)20-12-28(41)26(39)10-18(20)31(3,33(29,30)32)16-8-24(37)22(35)6-14(16)29/h5-12H,1-4H3. The zero-order valence-corrected chi connectivity index (χ0v) is 39.4.